The Morgan fingerprint density at radius 3 is 2.12 bits per heavy atom. The minimum atomic E-state index is -0.407. The van der Waals surface area contributed by atoms with Crippen LogP contribution < -0.4 is 15.9 Å². The Labute approximate surface area is 299 Å². The quantitative estimate of drug-likeness (QED) is 0.203. The molecular weight excluding hydrogens is 635 g/mol. The van der Waals surface area contributed by atoms with Gasteiger partial charge in [-0.1, -0.05) is 146 Å². The fraction of sp³-hybridized carbons (Fsp3) is 0.0208. The van der Waals surface area contributed by atoms with Gasteiger partial charge in [0.1, 0.15) is 11.2 Å². The minimum Gasteiger partial charge on any atom is -0.455 e. The van der Waals surface area contributed by atoms with Gasteiger partial charge in [0.15, 0.2) is 0 Å². The molecule has 8 aromatic carbocycles. The van der Waals surface area contributed by atoms with Crippen LogP contribution in [-0.4, -0.2) is 4.57 Å². The Kier molecular flexibility index (Phi) is 6.28. The summed E-state index contributed by atoms with van der Waals surface area (Å²) in [6.07, 6.45) is -0.407. The summed E-state index contributed by atoms with van der Waals surface area (Å²) in [5.41, 5.74) is 10.9. The van der Waals surface area contributed by atoms with Gasteiger partial charge in [0.05, 0.1) is 27.5 Å². The smallest absolute Gasteiger partial charge is 0.201 e. The number of rotatable bonds is 4. The molecular formula is C48H31N3O. The van der Waals surface area contributed by atoms with Crippen molar-refractivity contribution in [1.82, 2.24) is 9.88 Å². The van der Waals surface area contributed by atoms with E-state index in [0.717, 1.165) is 71.1 Å². The van der Waals surface area contributed by atoms with Crippen LogP contribution in [-0.2, 0) is 0 Å². The van der Waals surface area contributed by atoms with Gasteiger partial charge in [-0.05, 0) is 68.9 Å². The molecule has 11 rings (SSSR count). The van der Waals surface area contributed by atoms with Gasteiger partial charge in [-0.3, -0.25) is 0 Å². The molecule has 0 saturated carbocycles. The highest BCUT2D eigenvalue weighted by molar-refractivity contribution is 6.23. The van der Waals surface area contributed by atoms with Crippen LogP contribution in [0.1, 0.15) is 11.9 Å². The normalized spacial score (nSPS) is 14.2. The monoisotopic (exact) mass is 665 g/mol. The third kappa shape index (κ3) is 4.38. The number of hydrogen-bond donors (Lipinski definition) is 1. The molecule has 0 amide bonds. The molecule has 1 N–H and O–H groups in total. The van der Waals surface area contributed by atoms with E-state index in [9.17, 15) is 0 Å². The zero-order valence-electron chi connectivity index (χ0n) is 28.1. The molecule has 4 heteroatoms. The van der Waals surface area contributed by atoms with Crippen molar-refractivity contribution in [1.29, 1.82) is 0 Å². The number of furan rings is 1. The predicted octanol–water partition coefficient (Wildman–Crippen LogP) is 10.7. The van der Waals surface area contributed by atoms with Crippen LogP contribution >= 0.6 is 0 Å². The highest BCUT2D eigenvalue weighted by Gasteiger charge is 2.25. The summed E-state index contributed by atoms with van der Waals surface area (Å²) in [4.78, 5) is 5.39. The number of benzene rings is 8. The van der Waals surface area contributed by atoms with Crippen LogP contribution in [0.5, 0.6) is 0 Å². The van der Waals surface area contributed by atoms with E-state index in [0.29, 0.717) is 0 Å². The average Bonchev–Trinajstić information content (AvgIpc) is 3.76. The van der Waals surface area contributed by atoms with E-state index in [-0.39, 0.29) is 0 Å². The second-order valence-electron chi connectivity index (χ2n) is 13.5. The van der Waals surface area contributed by atoms with Crippen molar-refractivity contribution in [2.24, 2.45) is 4.99 Å². The largest absolute Gasteiger partial charge is 0.455 e. The predicted molar refractivity (Wildman–Crippen MR) is 213 cm³/mol. The van der Waals surface area contributed by atoms with E-state index in [1.165, 1.54) is 27.5 Å². The molecule has 0 aliphatic carbocycles. The average molecular weight is 666 g/mol. The number of hydrogen-bond acceptors (Lipinski definition) is 3. The summed E-state index contributed by atoms with van der Waals surface area (Å²) in [6, 6.07) is 62.6. The molecule has 4 nitrogen and oxygen atoms in total. The number of nitrogens with one attached hydrogen (secondary N) is 1. The van der Waals surface area contributed by atoms with Crippen LogP contribution in [0, 0.1) is 0 Å². The van der Waals surface area contributed by atoms with E-state index in [1.807, 2.05) is 6.07 Å². The van der Waals surface area contributed by atoms with Crippen molar-refractivity contribution in [2.45, 2.75) is 6.29 Å². The molecule has 52 heavy (non-hydrogen) atoms. The lowest BCUT2D eigenvalue weighted by Crippen LogP contribution is -2.41. The highest BCUT2D eigenvalue weighted by atomic mass is 16.3. The first-order valence-corrected chi connectivity index (χ1v) is 17.7. The SMILES string of the molecule is c1ccc(-c2ccc3c4c5oc6ccccc6c5ccc4n(C4N=c5ccccc5=C(c5ccc(-c6cccc7ccccc67)cc5)N4)c3c2)cc1. The van der Waals surface area contributed by atoms with Crippen molar-refractivity contribution in [2.75, 3.05) is 0 Å². The Balaban J connectivity index is 1.11. The maximum absolute atomic E-state index is 6.64. The van der Waals surface area contributed by atoms with Gasteiger partial charge in [-0.2, -0.15) is 0 Å². The van der Waals surface area contributed by atoms with E-state index < -0.39 is 6.29 Å². The molecule has 3 heterocycles. The molecule has 1 unspecified atom stereocenters. The molecule has 0 saturated heterocycles. The van der Waals surface area contributed by atoms with Crippen LogP contribution in [0.15, 0.2) is 185 Å². The van der Waals surface area contributed by atoms with Crippen molar-refractivity contribution < 1.29 is 4.42 Å². The molecule has 2 aromatic heterocycles. The minimum absolute atomic E-state index is 0.407. The lowest BCUT2D eigenvalue weighted by Gasteiger charge is -2.25. The summed E-state index contributed by atoms with van der Waals surface area (Å²) in [5, 5.41) is 12.9. The molecule has 1 aliphatic rings. The van der Waals surface area contributed by atoms with E-state index in [2.05, 4.69) is 180 Å². The summed E-state index contributed by atoms with van der Waals surface area (Å²) in [7, 11) is 0. The van der Waals surface area contributed by atoms with E-state index >= 15 is 0 Å². The first-order chi connectivity index (χ1) is 25.8. The molecule has 0 fully saturated rings. The fourth-order valence-corrected chi connectivity index (χ4v) is 8.21. The van der Waals surface area contributed by atoms with Crippen LogP contribution in [0.2, 0.25) is 0 Å². The lowest BCUT2D eigenvalue weighted by atomic mass is 9.97. The third-order valence-electron chi connectivity index (χ3n) is 10.6. The Hall–Kier alpha value is -6.91. The van der Waals surface area contributed by atoms with E-state index in [1.54, 1.807) is 0 Å². The van der Waals surface area contributed by atoms with Crippen molar-refractivity contribution in [3.8, 4) is 22.3 Å². The first-order valence-electron chi connectivity index (χ1n) is 17.7. The number of aromatic nitrogens is 1. The van der Waals surface area contributed by atoms with Crippen molar-refractivity contribution >= 4 is 60.2 Å². The van der Waals surface area contributed by atoms with Gasteiger partial charge in [0, 0.05) is 21.4 Å². The molecule has 0 radical (unpaired) electrons. The Morgan fingerprint density at radius 2 is 1.21 bits per heavy atom. The third-order valence-corrected chi connectivity index (χ3v) is 10.6. The maximum Gasteiger partial charge on any atom is 0.201 e. The second kappa shape index (κ2) is 11.3. The summed E-state index contributed by atoms with van der Waals surface area (Å²) in [5.74, 6) is 0. The zero-order valence-corrected chi connectivity index (χ0v) is 28.1. The molecule has 1 atom stereocenters. The molecule has 244 valence electrons. The van der Waals surface area contributed by atoms with Gasteiger partial charge in [-0.25, -0.2) is 4.99 Å². The number of nitrogens with zero attached hydrogens (tertiary/aromatic N) is 2. The first kappa shape index (κ1) is 28.9. The lowest BCUT2D eigenvalue weighted by molar-refractivity contribution is 0.489. The molecule has 1 aliphatic heterocycles. The number of para-hydroxylation sites is 2. The Bertz CT molecular complexity index is 3150. The fourth-order valence-electron chi connectivity index (χ4n) is 8.21. The van der Waals surface area contributed by atoms with Crippen LogP contribution in [0.25, 0.3) is 82.5 Å². The Morgan fingerprint density at radius 1 is 0.500 bits per heavy atom. The van der Waals surface area contributed by atoms with Crippen LogP contribution in [0.3, 0.4) is 0 Å². The summed E-state index contributed by atoms with van der Waals surface area (Å²) < 4.78 is 8.99. The second-order valence-corrected chi connectivity index (χ2v) is 13.5. The molecule has 0 spiro atoms. The molecule has 0 bridgehead atoms. The van der Waals surface area contributed by atoms with Gasteiger partial charge in [0.2, 0.25) is 6.29 Å². The zero-order chi connectivity index (χ0) is 34.2. The van der Waals surface area contributed by atoms with Crippen molar-refractivity contribution in [3.05, 3.63) is 192 Å². The standard InChI is InChI=1S/C48H31N3O/c1-2-11-30(12-3-1)34-25-26-40-43(29-34)51(42-28-27-38-37-16-7-9-20-44(37)52-47(38)45(40)42)48-49-41-19-8-6-17-39(41)46(50-48)33-23-21-32(22-24-33)36-18-10-14-31-13-4-5-15-35(31)36/h1-29,48,50H. The van der Waals surface area contributed by atoms with Gasteiger partial charge < -0.3 is 14.3 Å². The maximum atomic E-state index is 6.64. The topological polar surface area (TPSA) is 42.5 Å². The highest BCUT2D eigenvalue weighted by Crippen LogP contribution is 2.42. The summed E-state index contributed by atoms with van der Waals surface area (Å²) in [6.45, 7) is 0. The van der Waals surface area contributed by atoms with Gasteiger partial charge in [0.25, 0.3) is 0 Å². The summed E-state index contributed by atoms with van der Waals surface area (Å²) >= 11 is 0. The van der Waals surface area contributed by atoms with Gasteiger partial charge >= 0.3 is 0 Å². The van der Waals surface area contributed by atoms with Gasteiger partial charge in [-0.15, -0.1) is 0 Å². The molecule has 10 aromatic rings. The number of fused-ring (bicyclic) bond motifs is 9. The van der Waals surface area contributed by atoms with Crippen molar-refractivity contribution in [3.63, 3.8) is 0 Å². The van der Waals surface area contributed by atoms with E-state index in [4.69, 9.17) is 9.41 Å². The van der Waals surface area contributed by atoms with Crippen LogP contribution in [0.4, 0.5) is 0 Å².